The van der Waals surface area contributed by atoms with E-state index >= 15 is 0 Å². The second kappa shape index (κ2) is 4.14. The van der Waals surface area contributed by atoms with E-state index in [1.54, 1.807) is 0 Å². The van der Waals surface area contributed by atoms with E-state index in [9.17, 15) is 4.79 Å². The lowest BCUT2D eigenvalue weighted by Gasteiger charge is -2.22. The molecule has 1 amide bonds. The monoisotopic (exact) mass is 244 g/mol. The van der Waals surface area contributed by atoms with Crippen LogP contribution in [0.15, 0.2) is 24.3 Å². The maximum Gasteiger partial charge on any atom is 0.227 e. The molecule has 0 aliphatic carbocycles. The summed E-state index contributed by atoms with van der Waals surface area (Å²) in [7, 11) is 0. The van der Waals surface area contributed by atoms with Crippen molar-refractivity contribution in [2.45, 2.75) is 26.0 Å². The van der Waals surface area contributed by atoms with Gasteiger partial charge in [-0.25, -0.2) is 0 Å². The lowest BCUT2D eigenvalue weighted by molar-refractivity contribution is -0.121. The number of ether oxygens (including phenoxy) is 1. The number of hydrogen-bond acceptors (Lipinski definition) is 2. The summed E-state index contributed by atoms with van der Waals surface area (Å²) in [4.78, 5) is 11.6. The van der Waals surface area contributed by atoms with Crippen molar-refractivity contribution < 1.29 is 9.53 Å². The van der Waals surface area contributed by atoms with Gasteiger partial charge in [-0.05, 0) is 18.6 Å². The molecule has 0 radical (unpaired) electrons. The molecule has 4 nitrogen and oxygen atoms in total. The van der Waals surface area contributed by atoms with Crippen molar-refractivity contribution in [3.63, 3.8) is 0 Å². The van der Waals surface area contributed by atoms with Crippen molar-refractivity contribution in [2.24, 2.45) is 5.73 Å². The highest BCUT2D eigenvalue weighted by Crippen LogP contribution is 2.35. The molecule has 1 aromatic carbocycles. The van der Waals surface area contributed by atoms with E-state index in [1.165, 1.54) is 0 Å². The molecule has 94 valence electrons. The zero-order chi connectivity index (χ0) is 12.7. The number of hydrogen-bond donors (Lipinski definition) is 1. The number of aromatic nitrogens is 1. The van der Waals surface area contributed by atoms with Gasteiger partial charge in [-0.3, -0.25) is 4.79 Å². The standard InChI is InChI=1S/C14H16N2O2/c1-2-16-11-6-4-3-5-9(11)13-10(14(15)17)7-18-8-12(13)16/h3-6,10H,2,7-8H2,1H3,(H2,15,17). The molecule has 1 aliphatic rings. The van der Waals surface area contributed by atoms with Gasteiger partial charge in [0.05, 0.1) is 19.1 Å². The Morgan fingerprint density at radius 3 is 3.00 bits per heavy atom. The Morgan fingerprint density at radius 2 is 2.28 bits per heavy atom. The van der Waals surface area contributed by atoms with Crippen molar-refractivity contribution in [3.05, 3.63) is 35.5 Å². The van der Waals surface area contributed by atoms with Crippen LogP contribution >= 0.6 is 0 Å². The van der Waals surface area contributed by atoms with Gasteiger partial charge in [0.25, 0.3) is 0 Å². The van der Waals surface area contributed by atoms with Crippen LogP contribution in [-0.4, -0.2) is 17.1 Å². The maximum absolute atomic E-state index is 11.6. The molecule has 1 aliphatic heterocycles. The molecule has 2 N–H and O–H groups in total. The Kier molecular flexibility index (Phi) is 2.59. The molecule has 3 rings (SSSR count). The van der Waals surface area contributed by atoms with E-state index in [0.717, 1.165) is 28.7 Å². The summed E-state index contributed by atoms with van der Waals surface area (Å²) >= 11 is 0. The molecular formula is C14H16N2O2. The first-order valence-electron chi connectivity index (χ1n) is 6.21. The van der Waals surface area contributed by atoms with Crippen LogP contribution in [0.3, 0.4) is 0 Å². The molecule has 0 saturated carbocycles. The van der Waals surface area contributed by atoms with Gasteiger partial charge in [-0.1, -0.05) is 18.2 Å². The average Bonchev–Trinajstić information content (AvgIpc) is 2.72. The fourth-order valence-corrected chi connectivity index (χ4v) is 2.87. The third-order valence-corrected chi connectivity index (χ3v) is 3.65. The van der Waals surface area contributed by atoms with Crippen molar-refractivity contribution in [1.29, 1.82) is 0 Å². The quantitative estimate of drug-likeness (QED) is 0.875. The van der Waals surface area contributed by atoms with Crippen LogP contribution in [-0.2, 0) is 22.7 Å². The highest BCUT2D eigenvalue weighted by Gasteiger charge is 2.30. The summed E-state index contributed by atoms with van der Waals surface area (Å²) in [6.45, 7) is 3.91. The van der Waals surface area contributed by atoms with Gasteiger partial charge in [-0.15, -0.1) is 0 Å². The fourth-order valence-electron chi connectivity index (χ4n) is 2.87. The number of carbonyl (C=O) groups is 1. The van der Waals surface area contributed by atoms with E-state index in [1.807, 2.05) is 12.1 Å². The Labute approximate surface area is 105 Å². The summed E-state index contributed by atoms with van der Waals surface area (Å²) in [6.07, 6.45) is 0. The fraction of sp³-hybridized carbons (Fsp3) is 0.357. The first-order chi connectivity index (χ1) is 8.74. The van der Waals surface area contributed by atoms with Gasteiger partial charge in [0.15, 0.2) is 0 Å². The number of para-hydroxylation sites is 1. The lowest BCUT2D eigenvalue weighted by Crippen LogP contribution is -2.29. The van der Waals surface area contributed by atoms with E-state index in [-0.39, 0.29) is 11.8 Å². The molecular weight excluding hydrogens is 228 g/mol. The third-order valence-electron chi connectivity index (χ3n) is 3.65. The van der Waals surface area contributed by atoms with E-state index in [2.05, 4.69) is 23.6 Å². The first kappa shape index (κ1) is 11.3. The van der Waals surface area contributed by atoms with Crippen LogP contribution < -0.4 is 5.73 Å². The predicted molar refractivity (Wildman–Crippen MR) is 69.2 cm³/mol. The molecule has 4 heteroatoms. The van der Waals surface area contributed by atoms with Crippen molar-refractivity contribution in [3.8, 4) is 0 Å². The number of fused-ring (bicyclic) bond motifs is 3. The van der Waals surface area contributed by atoms with Gasteiger partial charge in [-0.2, -0.15) is 0 Å². The van der Waals surface area contributed by atoms with Crippen LogP contribution in [0.25, 0.3) is 10.9 Å². The summed E-state index contributed by atoms with van der Waals surface area (Å²) in [5.41, 5.74) is 8.80. The molecule has 0 fully saturated rings. The molecule has 1 atom stereocenters. The molecule has 18 heavy (non-hydrogen) atoms. The second-order valence-corrected chi connectivity index (χ2v) is 4.59. The summed E-state index contributed by atoms with van der Waals surface area (Å²) in [5, 5.41) is 1.13. The molecule has 1 aromatic heterocycles. The smallest absolute Gasteiger partial charge is 0.227 e. The summed E-state index contributed by atoms with van der Waals surface area (Å²) in [6, 6.07) is 8.15. The number of primary amides is 1. The van der Waals surface area contributed by atoms with Crippen LogP contribution in [0.5, 0.6) is 0 Å². The van der Waals surface area contributed by atoms with Gasteiger partial charge < -0.3 is 15.0 Å². The van der Waals surface area contributed by atoms with E-state index < -0.39 is 0 Å². The predicted octanol–water partition coefficient (Wildman–Crippen LogP) is 1.76. The molecule has 2 heterocycles. The van der Waals surface area contributed by atoms with Gasteiger partial charge in [0, 0.05) is 23.1 Å². The number of nitrogens with two attached hydrogens (primary N) is 1. The highest BCUT2D eigenvalue weighted by atomic mass is 16.5. The minimum absolute atomic E-state index is 0.310. The Bertz CT molecular complexity index is 616. The minimum atomic E-state index is -0.327. The van der Waals surface area contributed by atoms with Crippen LogP contribution in [0.1, 0.15) is 24.1 Å². The zero-order valence-electron chi connectivity index (χ0n) is 10.3. The highest BCUT2D eigenvalue weighted by molar-refractivity contribution is 5.93. The van der Waals surface area contributed by atoms with Gasteiger partial charge >= 0.3 is 0 Å². The number of nitrogens with zero attached hydrogens (tertiary/aromatic N) is 1. The minimum Gasteiger partial charge on any atom is -0.374 e. The second-order valence-electron chi connectivity index (χ2n) is 4.59. The molecule has 0 spiro atoms. The van der Waals surface area contributed by atoms with Crippen molar-refractivity contribution in [1.82, 2.24) is 4.57 Å². The van der Waals surface area contributed by atoms with Gasteiger partial charge in [0.2, 0.25) is 5.91 Å². The molecule has 2 aromatic rings. The van der Waals surface area contributed by atoms with Crippen LogP contribution in [0.4, 0.5) is 0 Å². The maximum atomic E-state index is 11.6. The Balaban J connectivity index is 2.34. The number of carbonyl (C=O) groups excluding carboxylic acids is 1. The van der Waals surface area contributed by atoms with E-state index in [0.29, 0.717) is 13.2 Å². The SMILES string of the molecule is CCn1c2c(c3ccccc31)C(C(N)=O)COC2. The summed E-state index contributed by atoms with van der Waals surface area (Å²) in [5.74, 6) is -0.638. The molecule has 0 saturated heterocycles. The number of rotatable bonds is 2. The summed E-state index contributed by atoms with van der Waals surface area (Å²) < 4.78 is 7.73. The van der Waals surface area contributed by atoms with Crippen molar-refractivity contribution >= 4 is 16.8 Å². The number of aryl methyl sites for hydroxylation is 1. The molecule has 1 unspecified atom stereocenters. The zero-order valence-corrected chi connectivity index (χ0v) is 10.3. The van der Waals surface area contributed by atoms with E-state index in [4.69, 9.17) is 10.5 Å². The topological polar surface area (TPSA) is 57.2 Å². The number of amides is 1. The third kappa shape index (κ3) is 1.46. The lowest BCUT2D eigenvalue weighted by atomic mass is 9.94. The van der Waals surface area contributed by atoms with Crippen molar-refractivity contribution in [2.75, 3.05) is 6.61 Å². The normalized spacial score (nSPS) is 18.8. The van der Waals surface area contributed by atoms with Crippen LogP contribution in [0.2, 0.25) is 0 Å². The Hall–Kier alpha value is -1.81. The molecule has 0 bridgehead atoms. The number of benzene rings is 1. The van der Waals surface area contributed by atoms with Gasteiger partial charge in [0.1, 0.15) is 0 Å². The Morgan fingerprint density at radius 1 is 1.50 bits per heavy atom. The largest absolute Gasteiger partial charge is 0.374 e. The van der Waals surface area contributed by atoms with Crippen LogP contribution in [0, 0.1) is 0 Å². The average molecular weight is 244 g/mol. The first-order valence-corrected chi connectivity index (χ1v) is 6.21.